The topological polar surface area (TPSA) is 53.4 Å². The third-order valence-electron chi connectivity index (χ3n) is 3.75. The number of nitrogens with zero attached hydrogens (tertiary/aromatic N) is 2. The van der Waals surface area contributed by atoms with E-state index in [9.17, 15) is 9.90 Å². The van der Waals surface area contributed by atoms with Crippen LogP contribution in [0.25, 0.3) is 0 Å². The second-order valence-corrected chi connectivity index (χ2v) is 6.24. The molecule has 4 nitrogen and oxygen atoms in total. The molecule has 1 aliphatic heterocycles. The number of amides is 1. The predicted octanol–water partition coefficient (Wildman–Crippen LogP) is 2.53. The molecule has 4 heteroatoms. The van der Waals surface area contributed by atoms with Crippen molar-refractivity contribution in [3.05, 3.63) is 65.5 Å². The van der Waals surface area contributed by atoms with Crippen molar-refractivity contribution >= 4 is 5.91 Å². The normalized spacial score (nSPS) is 21.5. The van der Waals surface area contributed by atoms with Gasteiger partial charge in [0.25, 0.3) is 5.91 Å². The molecule has 1 atom stereocenters. The Kier molecular flexibility index (Phi) is 2.88. The third-order valence-corrected chi connectivity index (χ3v) is 3.75. The van der Waals surface area contributed by atoms with Crippen LogP contribution in [0.3, 0.4) is 0 Å². The minimum atomic E-state index is -1.53. The Labute approximate surface area is 124 Å². The van der Waals surface area contributed by atoms with E-state index in [0.29, 0.717) is 16.8 Å². The first-order valence-electron chi connectivity index (χ1n) is 6.95. The SMILES string of the molecule is CC(C)(C)N1C(=O)c2ccccc2[C@@]1(O)c1ccccn1. The Morgan fingerprint density at radius 1 is 1.10 bits per heavy atom. The number of pyridine rings is 1. The standard InChI is InChI=1S/C17H18N2O2/c1-16(2,3)19-15(20)12-8-4-5-9-13(12)17(19,21)14-10-6-7-11-18-14/h4-11,21H,1-3H3/t17-/m1/s1. The van der Waals surface area contributed by atoms with Crippen LogP contribution < -0.4 is 0 Å². The number of carbonyl (C=O) groups excluding carboxylic acids is 1. The zero-order valence-electron chi connectivity index (χ0n) is 12.4. The van der Waals surface area contributed by atoms with Crippen LogP contribution in [-0.4, -0.2) is 26.4 Å². The van der Waals surface area contributed by atoms with E-state index in [1.54, 1.807) is 30.5 Å². The van der Waals surface area contributed by atoms with Crippen molar-refractivity contribution in [2.75, 3.05) is 0 Å². The van der Waals surface area contributed by atoms with E-state index in [0.717, 1.165) is 0 Å². The van der Waals surface area contributed by atoms with Gasteiger partial charge in [-0.15, -0.1) is 0 Å². The molecule has 1 aromatic heterocycles. The van der Waals surface area contributed by atoms with Gasteiger partial charge in [-0.2, -0.15) is 0 Å². The molecular formula is C17H18N2O2. The lowest BCUT2D eigenvalue weighted by atomic mass is 9.95. The van der Waals surface area contributed by atoms with Crippen LogP contribution in [0.2, 0.25) is 0 Å². The molecule has 0 bridgehead atoms. The van der Waals surface area contributed by atoms with Crippen LogP contribution in [0.4, 0.5) is 0 Å². The molecule has 1 N–H and O–H groups in total. The number of rotatable bonds is 1. The van der Waals surface area contributed by atoms with Crippen molar-refractivity contribution in [2.45, 2.75) is 32.0 Å². The van der Waals surface area contributed by atoms with E-state index >= 15 is 0 Å². The third kappa shape index (κ3) is 1.87. The minimum absolute atomic E-state index is 0.175. The van der Waals surface area contributed by atoms with Crippen LogP contribution in [0, 0.1) is 0 Å². The van der Waals surface area contributed by atoms with Crippen molar-refractivity contribution in [2.24, 2.45) is 0 Å². The summed E-state index contributed by atoms with van der Waals surface area (Å²) >= 11 is 0. The van der Waals surface area contributed by atoms with E-state index in [1.165, 1.54) is 4.90 Å². The largest absolute Gasteiger partial charge is 0.362 e. The number of aromatic nitrogens is 1. The molecule has 108 valence electrons. The Bertz CT molecular complexity index is 691. The van der Waals surface area contributed by atoms with Gasteiger partial charge in [0.1, 0.15) is 0 Å². The molecular weight excluding hydrogens is 264 g/mol. The van der Waals surface area contributed by atoms with Gasteiger partial charge in [0.2, 0.25) is 5.72 Å². The Hall–Kier alpha value is -2.20. The summed E-state index contributed by atoms with van der Waals surface area (Å²) < 4.78 is 0. The molecule has 0 spiro atoms. The molecule has 0 fully saturated rings. The first-order valence-corrected chi connectivity index (χ1v) is 6.95. The molecule has 0 saturated heterocycles. The van der Waals surface area contributed by atoms with Gasteiger partial charge < -0.3 is 5.11 Å². The van der Waals surface area contributed by atoms with Crippen molar-refractivity contribution in [3.8, 4) is 0 Å². The van der Waals surface area contributed by atoms with Crippen LogP contribution in [0.1, 0.15) is 42.4 Å². The van der Waals surface area contributed by atoms with Gasteiger partial charge in [-0.25, -0.2) is 0 Å². The van der Waals surface area contributed by atoms with Gasteiger partial charge >= 0.3 is 0 Å². The maximum absolute atomic E-state index is 12.8. The maximum Gasteiger partial charge on any atom is 0.257 e. The van der Waals surface area contributed by atoms with Crippen LogP contribution in [0.15, 0.2) is 48.7 Å². The molecule has 2 heterocycles. The Balaban J connectivity index is 2.31. The first kappa shape index (κ1) is 13.8. The summed E-state index contributed by atoms with van der Waals surface area (Å²) in [5.41, 5.74) is -0.502. The summed E-state index contributed by atoms with van der Waals surface area (Å²) in [7, 11) is 0. The fourth-order valence-corrected chi connectivity index (χ4v) is 2.97. The first-order chi connectivity index (χ1) is 9.87. The number of fused-ring (bicyclic) bond motifs is 1. The highest BCUT2D eigenvalue weighted by molar-refractivity contribution is 6.00. The van der Waals surface area contributed by atoms with E-state index in [2.05, 4.69) is 4.98 Å². The second kappa shape index (κ2) is 4.40. The van der Waals surface area contributed by atoms with Crippen LogP contribution >= 0.6 is 0 Å². The minimum Gasteiger partial charge on any atom is -0.362 e. The van der Waals surface area contributed by atoms with E-state index in [1.807, 2.05) is 39.0 Å². The highest BCUT2D eigenvalue weighted by Gasteiger charge is 2.54. The van der Waals surface area contributed by atoms with Gasteiger partial charge in [0.05, 0.1) is 5.69 Å². The molecule has 3 rings (SSSR count). The number of benzene rings is 1. The van der Waals surface area contributed by atoms with Crippen LogP contribution in [-0.2, 0) is 5.72 Å². The number of aliphatic hydroxyl groups is 1. The fraction of sp³-hybridized carbons (Fsp3) is 0.294. The van der Waals surface area contributed by atoms with E-state index in [-0.39, 0.29) is 5.91 Å². The van der Waals surface area contributed by atoms with Crippen LogP contribution in [0.5, 0.6) is 0 Å². The molecule has 1 amide bonds. The molecule has 2 aromatic rings. The Morgan fingerprint density at radius 3 is 2.38 bits per heavy atom. The molecule has 0 unspecified atom stereocenters. The molecule has 1 aromatic carbocycles. The summed E-state index contributed by atoms with van der Waals surface area (Å²) in [6.45, 7) is 5.72. The number of hydrogen-bond donors (Lipinski definition) is 1. The van der Waals surface area contributed by atoms with Crippen molar-refractivity contribution in [1.29, 1.82) is 0 Å². The lowest BCUT2D eigenvalue weighted by Crippen LogP contribution is -2.54. The quantitative estimate of drug-likeness (QED) is 0.874. The second-order valence-electron chi connectivity index (χ2n) is 6.24. The van der Waals surface area contributed by atoms with E-state index < -0.39 is 11.3 Å². The zero-order chi connectivity index (χ0) is 15.3. The lowest BCUT2D eigenvalue weighted by molar-refractivity contribution is -0.0904. The summed E-state index contributed by atoms with van der Waals surface area (Å²) in [6, 6.07) is 12.5. The summed E-state index contributed by atoms with van der Waals surface area (Å²) in [6.07, 6.45) is 1.62. The average molecular weight is 282 g/mol. The lowest BCUT2D eigenvalue weighted by Gasteiger charge is -2.42. The molecule has 0 aliphatic carbocycles. The van der Waals surface area contributed by atoms with Gasteiger partial charge in [0, 0.05) is 22.9 Å². The fourth-order valence-electron chi connectivity index (χ4n) is 2.97. The predicted molar refractivity (Wildman–Crippen MR) is 79.6 cm³/mol. The monoisotopic (exact) mass is 282 g/mol. The zero-order valence-corrected chi connectivity index (χ0v) is 12.4. The molecule has 21 heavy (non-hydrogen) atoms. The summed E-state index contributed by atoms with van der Waals surface area (Å²) in [5, 5.41) is 11.4. The summed E-state index contributed by atoms with van der Waals surface area (Å²) in [5.74, 6) is -0.175. The Morgan fingerprint density at radius 2 is 1.76 bits per heavy atom. The maximum atomic E-state index is 12.8. The van der Waals surface area contributed by atoms with Crippen molar-refractivity contribution in [1.82, 2.24) is 9.88 Å². The molecule has 0 radical (unpaired) electrons. The smallest absolute Gasteiger partial charge is 0.257 e. The van der Waals surface area contributed by atoms with Crippen molar-refractivity contribution < 1.29 is 9.90 Å². The highest BCUT2D eigenvalue weighted by Crippen LogP contribution is 2.44. The summed E-state index contributed by atoms with van der Waals surface area (Å²) in [4.78, 5) is 18.6. The molecule has 1 aliphatic rings. The van der Waals surface area contributed by atoms with E-state index in [4.69, 9.17) is 0 Å². The highest BCUT2D eigenvalue weighted by atomic mass is 16.3. The van der Waals surface area contributed by atoms with Gasteiger partial charge in [-0.05, 0) is 39.0 Å². The average Bonchev–Trinajstić information content (AvgIpc) is 2.70. The van der Waals surface area contributed by atoms with Gasteiger partial charge in [-0.3, -0.25) is 14.7 Å². The number of carbonyl (C=O) groups is 1. The number of hydrogen-bond acceptors (Lipinski definition) is 3. The molecule has 0 saturated carbocycles. The van der Waals surface area contributed by atoms with Crippen molar-refractivity contribution in [3.63, 3.8) is 0 Å². The van der Waals surface area contributed by atoms with Gasteiger partial charge in [0.15, 0.2) is 0 Å². The van der Waals surface area contributed by atoms with Gasteiger partial charge in [-0.1, -0.05) is 24.3 Å².